The van der Waals surface area contributed by atoms with Crippen LogP contribution >= 0.6 is 0 Å². The monoisotopic (exact) mass is 315 g/mol. The number of carboxylic acid groups (broad SMARTS) is 1. The van der Waals surface area contributed by atoms with Crippen LogP contribution in [0.15, 0.2) is 36.4 Å². The van der Waals surface area contributed by atoms with Gasteiger partial charge in [-0.05, 0) is 25.1 Å². The molecule has 7 heteroatoms. The van der Waals surface area contributed by atoms with E-state index in [4.69, 9.17) is 4.74 Å². The third-order valence-electron chi connectivity index (χ3n) is 3.90. The Morgan fingerprint density at radius 1 is 1.35 bits per heavy atom. The van der Waals surface area contributed by atoms with Crippen molar-refractivity contribution < 1.29 is 19.4 Å². The lowest BCUT2D eigenvalue weighted by atomic mass is 9.99. The topological polar surface area (TPSA) is 93.5 Å². The number of carboxylic acids is 1. The molecule has 0 saturated carbocycles. The number of aromatic nitrogens is 2. The van der Waals surface area contributed by atoms with Crippen LogP contribution in [0.4, 0.5) is 0 Å². The van der Waals surface area contributed by atoms with Crippen molar-refractivity contribution in [2.24, 2.45) is 0 Å². The maximum Gasteiger partial charge on any atom is 0.331 e. The predicted octanol–water partition coefficient (Wildman–Crippen LogP) is 1.15. The number of ether oxygens (including phenoxy) is 1. The molecule has 0 bridgehead atoms. The maximum absolute atomic E-state index is 12.4. The van der Waals surface area contributed by atoms with Crippen LogP contribution in [0, 0.1) is 6.92 Å². The van der Waals surface area contributed by atoms with Gasteiger partial charge in [0.1, 0.15) is 0 Å². The normalized spacial score (nSPS) is 20.4. The Kier molecular flexibility index (Phi) is 3.87. The largest absolute Gasteiger partial charge is 0.479 e. The number of nitrogens with zero attached hydrogens (tertiary/aromatic N) is 2. The first-order valence-corrected chi connectivity index (χ1v) is 7.28. The third kappa shape index (κ3) is 2.83. The van der Waals surface area contributed by atoms with E-state index in [1.165, 1.54) is 0 Å². The summed E-state index contributed by atoms with van der Waals surface area (Å²) in [5, 5.41) is 16.2. The summed E-state index contributed by atoms with van der Waals surface area (Å²) in [4.78, 5) is 23.9. The molecule has 0 aliphatic carbocycles. The zero-order chi connectivity index (χ0) is 16.4. The fourth-order valence-corrected chi connectivity index (χ4v) is 2.58. The van der Waals surface area contributed by atoms with Gasteiger partial charge < -0.3 is 15.2 Å². The Balaban J connectivity index is 1.85. The highest BCUT2D eigenvalue weighted by molar-refractivity contribution is 5.96. The Labute approximate surface area is 132 Å². The van der Waals surface area contributed by atoms with Crippen LogP contribution in [0.1, 0.15) is 22.6 Å². The molecule has 1 aliphatic heterocycles. The first-order valence-electron chi connectivity index (χ1n) is 7.28. The average molecular weight is 315 g/mol. The van der Waals surface area contributed by atoms with Crippen LogP contribution in [0.25, 0.3) is 5.69 Å². The number of aryl methyl sites for hydroxylation is 1. The van der Waals surface area contributed by atoms with E-state index in [0.29, 0.717) is 6.61 Å². The number of hydrogen-bond donors (Lipinski definition) is 2. The van der Waals surface area contributed by atoms with E-state index < -0.39 is 17.4 Å². The predicted molar refractivity (Wildman–Crippen MR) is 81.6 cm³/mol. The fourth-order valence-electron chi connectivity index (χ4n) is 2.58. The van der Waals surface area contributed by atoms with Crippen molar-refractivity contribution in [3.63, 3.8) is 0 Å². The molecule has 3 rings (SSSR count). The lowest BCUT2D eigenvalue weighted by molar-refractivity contribution is -0.144. The van der Waals surface area contributed by atoms with Crippen molar-refractivity contribution >= 4 is 11.9 Å². The highest BCUT2D eigenvalue weighted by Crippen LogP contribution is 2.20. The maximum atomic E-state index is 12.4. The summed E-state index contributed by atoms with van der Waals surface area (Å²) in [6.45, 7) is 2.11. The molecular formula is C16H17N3O4. The molecule has 1 aromatic carbocycles. The van der Waals surface area contributed by atoms with Gasteiger partial charge in [-0.2, -0.15) is 5.10 Å². The zero-order valence-corrected chi connectivity index (χ0v) is 12.7. The van der Waals surface area contributed by atoms with E-state index in [2.05, 4.69) is 10.4 Å². The van der Waals surface area contributed by atoms with E-state index in [1.54, 1.807) is 10.7 Å². The second-order valence-corrected chi connectivity index (χ2v) is 5.56. The molecule has 1 saturated heterocycles. The first kappa shape index (κ1) is 15.2. The van der Waals surface area contributed by atoms with Gasteiger partial charge in [-0.25, -0.2) is 9.48 Å². The first-order chi connectivity index (χ1) is 11.0. The van der Waals surface area contributed by atoms with Crippen molar-refractivity contribution in [1.82, 2.24) is 15.1 Å². The van der Waals surface area contributed by atoms with Crippen LogP contribution in [0.5, 0.6) is 0 Å². The minimum absolute atomic E-state index is 0.0353. The number of hydrogen-bond acceptors (Lipinski definition) is 4. The summed E-state index contributed by atoms with van der Waals surface area (Å²) in [6, 6.07) is 11.0. The van der Waals surface area contributed by atoms with Crippen LogP contribution in [-0.2, 0) is 9.53 Å². The van der Waals surface area contributed by atoms with Gasteiger partial charge in [0.25, 0.3) is 5.91 Å². The van der Waals surface area contributed by atoms with E-state index in [9.17, 15) is 14.7 Å². The van der Waals surface area contributed by atoms with Crippen molar-refractivity contribution in [2.45, 2.75) is 18.9 Å². The van der Waals surface area contributed by atoms with Gasteiger partial charge in [0.05, 0.1) is 12.3 Å². The minimum Gasteiger partial charge on any atom is -0.479 e. The molecule has 2 heterocycles. The smallest absolute Gasteiger partial charge is 0.331 e. The molecule has 23 heavy (non-hydrogen) atoms. The summed E-state index contributed by atoms with van der Waals surface area (Å²) in [5.41, 5.74) is 0.426. The second-order valence-electron chi connectivity index (χ2n) is 5.56. The standard InChI is InChI=1S/C16H17N3O4/c1-11-9-13(18-19(11)12-5-3-2-4-6-12)14(20)17-16(15(21)22)7-8-23-10-16/h2-6,9H,7-8,10H2,1H3,(H,17,20)(H,21,22). The molecule has 1 atom stereocenters. The molecule has 0 radical (unpaired) electrons. The van der Waals surface area contributed by atoms with Crippen molar-refractivity contribution in [1.29, 1.82) is 0 Å². The van der Waals surface area contributed by atoms with Gasteiger partial charge in [-0.15, -0.1) is 0 Å². The number of aliphatic carboxylic acids is 1. The summed E-state index contributed by atoms with van der Waals surface area (Å²) < 4.78 is 6.78. The number of rotatable bonds is 4. The average Bonchev–Trinajstić information content (AvgIpc) is 3.16. The van der Waals surface area contributed by atoms with Crippen LogP contribution in [0.2, 0.25) is 0 Å². The Hall–Kier alpha value is -2.67. The van der Waals surface area contributed by atoms with Gasteiger partial charge in [0, 0.05) is 18.7 Å². The highest BCUT2D eigenvalue weighted by Gasteiger charge is 2.44. The van der Waals surface area contributed by atoms with Crippen molar-refractivity contribution in [3.05, 3.63) is 47.8 Å². The summed E-state index contributed by atoms with van der Waals surface area (Å²) in [6.07, 6.45) is 0.243. The van der Waals surface area contributed by atoms with E-state index in [-0.39, 0.29) is 18.7 Å². The summed E-state index contributed by atoms with van der Waals surface area (Å²) in [7, 11) is 0. The van der Waals surface area contributed by atoms with Crippen molar-refractivity contribution in [2.75, 3.05) is 13.2 Å². The molecule has 0 spiro atoms. The molecule has 1 unspecified atom stereocenters. The number of amides is 1. The van der Waals surface area contributed by atoms with E-state index in [1.807, 2.05) is 37.3 Å². The highest BCUT2D eigenvalue weighted by atomic mass is 16.5. The van der Waals surface area contributed by atoms with Gasteiger partial charge in [-0.3, -0.25) is 4.79 Å². The van der Waals surface area contributed by atoms with Gasteiger partial charge in [0.2, 0.25) is 0 Å². The van der Waals surface area contributed by atoms with Gasteiger partial charge in [-0.1, -0.05) is 18.2 Å². The summed E-state index contributed by atoms with van der Waals surface area (Å²) >= 11 is 0. The number of nitrogens with one attached hydrogen (secondary N) is 1. The van der Waals surface area contributed by atoms with Crippen LogP contribution in [0.3, 0.4) is 0 Å². The zero-order valence-electron chi connectivity index (χ0n) is 12.7. The molecule has 2 N–H and O–H groups in total. The quantitative estimate of drug-likeness (QED) is 0.883. The third-order valence-corrected chi connectivity index (χ3v) is 3.90. The van der Waals surface area contributed by atoms with Crippen molar-refractivity contribution in [3.8, 4) is 5.69 Å². The van der Waals surface area contributed by atoms with E-state index in [0.717, 1.165) is 11.4 Å². The number of para-hydroxylation sites is 1. The molecule has 1 fully saturated rings. The molecule has 2 aromatic rings. The summed E-state index contributed by atoms with van der Waals surface area (Å²) in [5.74, 6) is -1.61. The number of carbonyl (C=O) groups excluding carboxylic acids is 1. The molecule has 1 aromatic heterocycles. The van der Waals surface area contributed by atoms with Crippen LogP contribution < -0.4 is 5.32 Å². The molecule has 1 aliphatic rings. The Morgan fingerprint density at radius 2 is 2.09 bits per heavy atom. The SMILES string of the molecule is Cc1cc(C(=O)NC2(C(=O)O)CCOC2)nn1-c1ccccc1. The number of benzene rings is 1. The lowest BCUT2D eigenvalue weighted by Gasteiger charge is -2.22. The second kappa shape index (κ2) is 5.85. The van der Waals surface area contributed by atoms with E-state index >= 15 is 0 Å². The molecule has 7 nitrogen and oxygen atoms in total. The molecule has 1 amide bonds. The Bertz CT molecular complexity index is 733. The minimum atomic E-state index is -1.37. The molecular weight excluding hydrogens is 298 g/mol. The lowest BCUT2D eigenvalue weighted by Crippen LogP contribution is -2.55. The van der Waals surface area contributed by atoms with Crippen LogP contribution in [-0.4, -0.2) is 45.5 Å². The molecule has 120 valence electrons. The fraction of sp³-hybridized carbons (Fsp3) is 0.312. The van der Waals surface area contributed by atoms with Gasteiger partial charge >= 0.3 is 5.97 Å². The Morgan fingerprint density at radius 3 is 2.70 bits per heavy atom. The number of carbonyl (C=O) groups is 2. The van der Waals surface area contributed by atoms with Gasteiger partial charge in [0.15, 0.2) is 11.2 Å².